The van der Waals surface area contributed by atoms with Crippen molar-refractivity contribution < 1.29 is 0 Å². The van der Waals surface area contributed by atoms with E-state index in [-0.39, 0.29) is 0 Å². The number of hydrogen-bond donors (Lipinski definition) is 0. The fourth-order valence-electron chi connectivity index (χ4n) is 6.45. The average Bonchev–Trinajstić information content (AvgIpc) is 3.59. The molecule has 49 heavy (non-hydrogen) atoms. The standard InChI is InChI=1S/C44H29N5/c1-3-12-33(13-4-1)39-29-40(47-43(46-39)36-14-5-2-6-15-36)34-22-18-30(19-23-34)31-20-24-35(25-21-31)42-41(38-17-9-10-27-45-38)48-44-37-16-8-7-11-32(37)26-28-49(42)44/h1-29H. The van der Waals surface area contributed by atoms with Crippen molar-refractivity contribution in [1.82, 2.24) is 24.3 Å². The Morgan fingerprint density at radius 2 is 0.980 bits per heavy atom. The fraction of sp³-hybridized carbons (Fsp3) is 0. The van der Waals surface area contributed by atoms with Crippen LogP contribution in [0.25, 0.3) is 84.1 Å². The Morgan fingerprint density at radius 3 is 1.65 bits per heavy atom. The first-order valence-electron chi connectivity index (χ1n) is 16.3. The minimum absolute atomic E-state index is 0.710. The molecule has 4 heterocycles. The molecule has 9 aromatic rings. The number of nitrogens with zero attached hydrogens (tertiary/aromatic N) is 5. The summed E-state index contributed by atoms with van der Waals surface area (Å²) in [6.07, 6.45) is 3.93. The zero-order valence-corrected chi connectivity index (χ0v) is 26.5. The molecular formula is C44H29N5. The monoisotopic (exact) mass is 627 g/mol. The van der Waals surface area contributed by atoms with Crippen LogP contribution >= 0.6 is 0 Å². The predicted octanol–water partition coefficient (Wildman–Crippen LogP) is 10.7. The van der Waals surface area contributed by atoms with Gasteiger partial charge in [-0.15, -0.1) is 0 Å². The van der Waals surface area contributed by atoms with Crippen molar-refractivity contribution >= 4 is 16.4 Å². The van der Waals surface area contributed by atoms with Gasteiger partial charge in [-0.1, -0.05) is 140 Å². The number of benzene rings is 5. The first-order chi connectivity index (χ1) is 24.3. The van der Waals surface area contributed by atoms with Crippen molar-refractivity contribution in [2.24, 2.45) is 0 Å². The maximum Gasteiger partial charge on any atom is 0.160 e. The van der Waals surface area contributed by atoms with Crippen molar-refractivity contribution in [3.8, 4) is 67.7 Å². The van der Waals surface area contributed by atoms with Gasteiger partial charge in [-0.2, -0.15) is 0 Å². The van der Waals surface area contributed by atoms with Gasteiger partial charge in [0.25, 0.3) is 0 Å². The third-order valence-corrected chi connectivity index (χ3v) is 8.92. The molecule has 0 fully saturated rings. The number of aromatic nitrogens is 5. The van der Waals surface area contributed by atoms with Crippen molar-refractivity contribution in [2.45, 2.75) is 0 Å². The Balaban J connectivity index is 1.08. The van der Waals surface area contributed by atoms with Gasteiger partial charge in [0.15, 0.2) is 5.82 Å². The van der Waals surface area contributed by atoms with Crippen LogP contribution in [0.4, 0.5) is 0 Å². The van der Waals surface area contributed by atoms with Crippen LogP contribution in [0.3, 0.4) is 0 Å². The summed E-state index contributed by atoms with van der Waals surface area (Å²) in [6, 6.07) is 56.3. The third kappa shape index (κ3) is 5.33. The number of hydrogen-bond acceptors (Lipinski definition) is 4. The van der Waals surface area contributed by atoms with Crippen molar-refractivity contribution in [1.29, 1.82) is 0 Å². The van der Waals surface area contributed by atoms with E-state index in [1.807, 2.05) is 60.8 Å². The normalized spacial score (nSPS) is 11.3. The second-order valence-corrected chi connectivity index (χ2v) is 12.0. The summed E-state index contributed by atoms with van der Waals surface area (Å²) in [5.74, 6) is 0.710. The van der Waals surface area contributed by atoms with E-state index in [1.165, 1.54) is 0 Å². The summed E-state index contributed by atoms with van der Waals surface area (Å²) in [5, 5.41) is 2.27. The number of rotatable bonds is 6. The van der Waals surface area contributed by atoms with Crippen LogP contribution in [0.15, 0.2) is 176 Å². The molecular weight excluding hydrogens is 599 g/mol. The number of imidazole rings is 1. The fourth-order valence-corrected chi connectivity index (χ4v) is 6.45. The van der Waals surface area contributed by atoms with Crippen molar-refractivity contribution in [2.75, 3.05) is 0 Å². The SMILES string of the molecule is c1ccc(-c2cc(-c3ccc(-c4ccc(-c5c(-c6ccccn6)nc6c7ccccc7ccn56)cc4)cc3)nc(-c3ccccc3)n2)cc1. The molecule has 0 bridgehead atoms. The van der Waals surface area contributed by atoms with Crippen LogP contribution in [0.5, 0.6) is 0 Å². The lowest BCUT2D eigenvalue weighted by Crippen LogP contribution is -1.95. The molecule has 0 aliphatic heterocycles. The van der Waals surface area contributed by atoms with Gasteiger partial charge >= 0.3 is 0 Å². The lowest BCUT2D eigenvalue weighted by molar-refractivity contribution is 1.18. The highest BCUT2D eigenvalue weighted by Gasteiger charge is 2.19. The topological polar surface area (TPSA) is 56.0 Å². The van der Waals surface area contributed by atoms with Crippen LogP contribution in [0.2, 0.25) is 0 Å². The minimum atomic E-state index is 0.710. The molecule has 5 aromatic carbocycles. The van der Waals surface area contributed by atoms with E-state index in [0.29, 0.717) is 5.82 Å². The van der Waals surface area contributed by atoms with Gasteiger partial charge in [0.2, 0.25) is 0 Å². The highest BCUT2D eigenvalue weighted by Crippen LogP contribution is 2.36. The van der Waals surface area contributed by atoms with E-state index in [0.717, 1.165) is 78.3 Å². The van der Waals surface area contributed by atoms with E-state index < -0.39 is 0 Å². The smallest absolute Gasteiger partial charge is 0.160 e. The van der Waals surface area contributed by atoms with Gasteiger partial charge in [-0.25, -0.2) is 15.0 Å². The molecule has 0 spiro atoms. The molecule has 0 unspecified atom stereocenters. The van der Waals surface area contributed by atoms with Crippen LogP contribution in [0, 0.1) is 0 Å². The molecule has 230 valence electrons. The summed E-state index contributed by atoms with van der Waals surface area (Å²) in [4.78, 5) is 19.7. The van der Waals surface area contributed by atoms with Gasteiger partial charge in [-0.3, -0.25) is 9.38 Å². The largest absolute Gasteiger partial charge is 0.298 e. The van der Waals surface area contributed by atoms with Crippen LogP contribution < -0.4 is 0 Å². The number of pyridine rings is 2. The summed E-state index contributed by atoms with van der Waals surface area (Å²) < 4.78 is 2.19. The van der Waals surface area contributed by atoms with Crippen molar-refractivity contribution in [3.05, 3.63) is 176 Å². The molecule has 4 aromatic heterocycles. The van der Waals surface area contributed by atoms with Gasteiger partial charge in [-0.05, 0) is 40.8 Å². The van der Waals surface area contributed by atoms with E-state index in [9.17, 15) is 0 Å². The molecule has 0 radical (unpaired) electrons. The Kier molecular flexibility index (Phi) is 7.06. The average molecular weight is 628 g/mol. The first kappa shape index (κ1) is 28.5. The third-order valence-electron chi connectivity index (χ3n) is 8.92. The Bertz CT molecular complexity index is 2500. The Hall–Kier alpha value is -6.72. The first-order valence-corrected chi connectivity index (χ1v) is 16.3. The predicted molar refractivity (Wildman–Crippen MR) is 199 cm³/mol. The van der Waals surface area contributed by atoms with Gasteiger partial charge < -0.3 is 0 Å². The second-order valence-electron chi connectivity index (χ2n) is 12.0. The highest BCUT2D eigenvalue weighted by atomic mass is 15.0. The lowest BCUT2D eigenvalue weighted by atomic mass is 9.99. The van der Waals surface area contributed by atoms with Crippen LogP contribution in [-0.2, 0) is 0 Å². The van der Waals surface area contributed by atoms with E-state index in [1.54, 1.807) is 0 Å². The molecule has 0 amide bonds. The Labute approximate surface area is 283 Å². The maximum absolute atomic E-state index is 5.15. The quantitative estimate of drug-likeness (QED) is 0.184. The Morgan fingerprint density at radius 1 is 0.408 bits per heavy atom. The summed E-state index contributed by atoms with van der Waals surface area (Å²) in [7, 11) is 0. The molecule has 0 aliphatic rings. The van der Waals surface area contributed by atoms with Gasteiger partial charge in [0.1, 0.15) is 11.3 Å². The van der Waals surface area contributed by atoms with E-state index in [2.05, 4.69) is 125 Å². The lowest BCUT2D eigenvalue weighted by Gasteiger charge is -2.10. The molecule has 0 saturated heterocycles. The van der Waals surface area contributed by atoms with Gasteiger partial charge in [0, 0.05) is 40.0 Å². The van der Waals surface area contributed by atoms with E-state index >= 15 is 0 Å². The molecule has 5 heteroatoms. The number of fused-ring (bicyclic) bond motifs is 3. The molecule has 5 nitrogen and oxygen atoms in total. The zero-order chi connectivity index (χ0) is 32.6. The molecule has 0 N–H and O–H groups in total. The summed E-state index contributed by atoms with van der Waals surface area (Å²) >= 11 is 0. The summed E-state index contributed by atoms with van der Waals surface area (Å²) in [6.45, 7) is 0. The van der Waals surface area contributed by atoms with Crippen LogP contribution in [-0.4, -0.2) is 24.3 Å². The van der Waals surface area contributed by atoms with Crippen molar-refractivity contribution in [3.63, 3.8) is 0 Å². The molecule has 0 aliphatic carbocycles. The van der Waals surface area contributed by atoms with Crippen LogP contribution in [0.1, 0.15) is 0 Å². The zero-order valence-electron chi connectivity index (χ0n) is 26.5. The minimum Gasteiger partial charge on any atom is -0.298 e. The second kappa shape index (κ2) is 12.1. The van der Waals surface area contributed by atoms with E-state index in [4.69, 9.17) is 15.0 Å². The molecule has 9 rings (SSSR count). The summed E-state index contributed by atoms with van der Waals surface area (Å²) in [5.41, 5.74) is 11.9. The molecule has 0 saturated carbocycles. The maximum atomic E-state index is 5.15. The van der Waals surface area contributed by atoms with Gasteiger partial charge in [0.05, 0.1) is 22.8 Å². The highest BCUT2D eigenvalue weighted by molar-refractivity contribution is 5.97. The molecule has 0 atom stereocenters.